The number of carbonyl (C=O) groups is 2. The molecule has 2 atom stereocenters. The first-order valence-electron chi connectivity index (χ1n) is 10.9. The fourth-order valence-corrected chi connectivity index (χ4v) is 4.08. The van der Waals surface area contributed by atoms with Crippen LogP contribution in [-0.4, -0.2) is 55.1 Å². The monoisotopic (exact) mass is 494 g/mol. The maximum atomic E-state index is 13.0. The molecule has 9 nitrogen and oxygen atoms in total. The van der Waals surface area contributed by atoms with Crippen molar-refractivity contribution in [1.82, 2.24) is 20.5 Å². The Kier molecular flexibility index (Phi) is 7.28. The molecule has 4 aromatic rings. The lowest BCUT2D eigenvalue weighted by Crippen LogP contribution is -2.39. The summed E-state index contributed by atoms with van der Waals surface area (Å²) < 4.78 is 0. The van der Waals surface area contributed by atoms with E-state index >= 15 is 0 Å². The lowest BCUT2D eigenvalue weighted by Gasteiger charge is -2.22. The van der Waals surface area contributed by atoms with Gasteiger partial charge in [0.25, 0.3) is 5.91 Å². The number of amides is 1. The lowest BCUT2D eigenvalue weighted by molar-refractivity contribution is -0.143. The molecule has 3 aromatic carbocycles. The van der Waals surface area contributed by atoms with Crippen molar-refractivity contribution in [2.45, 2.75) is 18.9 Å². The van der Waals surface area contributed by atoms with Gasteiger partial charge in [-0.15, -0.1) is 5.10 Å². The summed E-state index contributed by atoms with van der Waals surface area (Å²) in [5, 5.41) is 39.5. The number of fused-ring (bicyclic) bond motifs is 1. The summed E-state index contributed by atoms with van der Waals surface area (Å²) in [5.74, 6) is -2.62. The molecule has 0 bridgehead atoms. The maximum absolute atomic E-state index is 13.0. The first-order valence-corrected chi connectivity index (χ1v) is 11.3. The molecule has 4 N–H and O–H groups in total. The fraction of sp³-hybridized carbons (Fsp3) is 0.200. The van der Waals surface area contributed by atoms with Crippen LogP contribution in [0.2, 0.25) is 5.02 Å². The number of nitrogens with one attached hydrogen (secondary N) is 1. The Bertz CT molecular complexity index is 1360. The van der Waals surface area contributed by atoms with Crippen LogP contribution in [0, 0.1) is 5.92 Å². The molecule has 1 heterocycles. The molecule has 0 aliphatic carbocycles. The fourth-order valence-electron chi connectivity index (χ4n) is 3.89. The molecule has 10 heteroatoms. The highest BCUT2D eigenvalue weighted by atomic mass is 35.5. The van der Waals surface area contributed by atoms with Crippen LogP contribution in [0.15, 0.2) is 66.7 Å². The zero-order valence-electron chi connectivity index (χ0n) is 18.5. The van der Waals surface area contributed by atoms with Gasteiger partial charge in [-0.3, -0.25) is 9.59 Å². The highest BCUT2D eigenvalue weighted by Gasteiger charge is 2.24. The summed E-state index contributed by atoms with van der Waals surface area (Å²) in [6, 6.07) is 19.2. The first-order chi connectivity index (χ1) is 16.8. The van der Waals surface area contributed by atoms with Crippen molar-refractivity contribution >= 4 is 34.5 Å². The van der Waals surface area contributed by atoms with Crippen LogP contribution in [0.1, 0.15) is 22.3 Å². The molecule has 0 saturated heterocycles. The van der Waals surface area contributed by atoms with Crippen LogP contribution in [0.25, 0.3) is 22.2 Å². The van der Waals surface area contributed by atoms with E-state index in [1.165, 1.54) is 6.07 Å². The minimum Gasteiger partial charge on any atom is -0.481 e. The van der Waals surface area contributed by atoms with E-state index in [1.54, 1.807) is 18.2 Å². The third-order valence-corrected chi connectivity index (χ3v) is 5.99. The van der Waals surface area contributed by atoms with Crippen molar-refractivity contribution in [3.63, 3.8) is 0 Å². The third-order valence-electron chi connectivity index (χ3n) is 5.76. The summed E-state index contributed by atoms with van der Waals surface area (Å²) in [4.78, 5) is 25.1. The van der Waals surface area contributed by atoms with Crippen LogP contribution in [0.3, 0.4) is 0 Å². The van der Waals surface area contributed by atoms with Crippen LogP contribution < -0.4 is 5.32 Å². The number of carbonyl (C=O) groups excluding carboxylic acids is 1. The maximum Gasteiger partial charge on any atom is 0.308 e. The second-order valence-corrected chi connectivity index (χ2v) is 8.65. The standard InChI is InChI=1S/C25H23ClN4O5/c26-20-3-1-2-17(11-20)16-6-4-15(5-7-16)10-21(12-19(14-31)25(33)34)27-24(32)18-8-9-22-23(13-18)30(35)29-28-22/h1-9,11,13,19,21,31,35H,10,12,14H2,(H,27,32)(H,33,34)/t19-,21+/m0/s1. The quantitative estimate of drug-likeness (QED) is 0.261. The lowest BCUT2D eigenvalue weighted by atomic mass is 9.94. The Balaban J connectivity index is 1.54. The molecule has 35 heavy (non-hydrogen) atoms. The van der Waals surface area contributed by atoms with Gasteiger partial charge >= 0.3 is 5.97 Å². The van der Waals surface area contributed by atoms with Gasteiger partial charge in [0.2, 0.25) is 0 Å². The van der Waals surface area contributed by atoms with Crippen molar-refractivity contribution in [1.29, 1.82) is 0 Å². The summed E-state index contributed by atoms with van der Waals surface area (Å²) in [5.41, 5.74) is 3.77. The predicted molar refractivity (Wildman–Crippen MR) is 129 cm³/mol. The van der Waals surface area contributed by atoms with E-state index in [9.17, 15) is 25.0 Å². The number of hydrogen-bond donors (Lipinski definition) is 4. The molecule has 1 aromatic heterocycles. The summed E-state index contributed by atoms with van der Waals surface area (Å²) >= 11 is 6.09. The van der Waals surface area contributed by atoms with Gasteiger partial charge in [-0.1, -0.05) is 52.8 Å². The number of halogens is 1. The normalized spacial score (nSPS) is 12.9. The Morgan fingerprint density at radius 1 is 1.03 bits per heavy atom. The molecule has 0 unspecified atom stereocenters. The van der Waals surface area contributed by atoms with Gasteiger partial charge in [0, 0.05) is 16.6 Å². The van der Waals surface area contributed by atoms with Crippen molar-refractivity contribution in [3.05, 3.63) is 82.9 Å². The average molecular weight is 495 g/mol. The molecular formula is C25H23ClN4O5. The van der Waals surface area contributed by atoms with Crippen molar-refractivity contribution < 1.29 is 25.0 Å². The van der Waals surface area contributed by atoms with Crippen molar-refractivity contribution in [2.24, 2.45) is 5.92 Å². The third kappa shape index (κ3) is 5.76. The van der Waals surface area contributed by atoms with E-state index in [0.717, 1.165) is 16.7 Å². The average Bonchev–Trinajstić information content (AvgIpc) is 3.22. The van der Waals surface area contributed by atoms with Crippen LogP contribution in [0.5, 0.6) is 0 Å². The minimum absolute atomic E-state index is 0.0371. The Labute approximate surface area is 205 Å². The van der Waals surface area contributed by atoms with E-state index < -0.39 is 30.4 Å². The summed E-state index contributed by atoms with van der Waals surface area (Å²) in [7, 11) is 0. The Morgan fingerprint density at radius 3 is 2.49 bits per heavy atom. The summed E-state index contributed by atoms with van der Waals surface area (Å²) in [6.45, 7) is -0.545. The van der Waals surface area contributed by atoms with E-state index in [0.29, 0.717) is 21.8 Å². The number of aliphatic carboxylic acids is 1. The number of carboxylic acid groups (broad SMARTS) is 1. The molecule has 0 spiro atoms. The van der Waals surface area contributed by atoms with E-state index in [4.69, 9.17) is 11.6 Å². The molecule has 180 valence electrons. The number of aliphatic hydroxyl groups excluding tert-OH is 1. The molecule has 0 radical (unpaired) electrons. The molecule has 4 rings (SSSR count). The smallest absolute Gasteiger partial charge is 0.308 e. The number of aromatic nitrogens is 3. The second kappa shape index (κ2) is 10.5. The van der Waals surface area contributed by atoms with Crippen LogP contribution in [-0.2, 0) is 11.2 Å². The second-order valence-electron chi connectivity index (χ2n) is 8.22. The molecule has 0 aliphatic heterocycles. The molecule has 0 aliphatic rings. The molecule has 0 saturated carbocycles. The number of aliphatic hydroxyl groups is 1. The molecule has 0 fully saturated rings. The van der Waals surface area contributed by atoms with E-state index in [-0.39, 0.29) is 17.5 Å². The topological polar surface area (TPSA) is 138 Å². The van der Waals surface area contributed by atoms with Crippen molar-refractivity contribution in [2.75, 3.05) is 6.61 Å². The van der Waals surface area contributed by atoms with Gasteiger partial charge in [0.1, 0.15) is 11.0 Å². The van der Waals surface area contributed by atoms with Gasteiger partial charge in [0.15, 0.2) is 0 Å². The van der Waals surface area contributed by atoms with Gasteiger partial charge < -0.3 is 20.7 Å². The van der Waals surface area contributed by atoms with E-state index in [1.807, 2.05) is 42.5 Å². The van der Waals surface area contributed by atoms with Crippen LogP contribution in [0.4, 0.5) is 0 Å². The van der Waals surface area contributed by atoms with Gasteiger partial charge in [-0.25, -0.2) is 0 Å². The minimum atomic E-state index is -1.14. The highest BCUT2D eigenvalue weighted by molar-refractivity contribution is 6.30. The Morgan fingerprint density at radius 2 is 1.80 bits per heavy atom. The SMILES string of the molecule is O=C(N[C@H](Cc1ccc(-c2cccc(Cl)c2)cc1)C[C@@H](CO)C(=O)O)c1ccc2nnn(O)c2c1. The van der Waals surface area contributed by atoms with Crippen molar-refractivity contribution in [3.8, 4) is 11.1 Å². The number of carboxylic acids is 1. The number of hydrogen-bond acceptors (Lipinski definition) is 6. The van der Waals surface area contributed by atoms with Gasteiger partial charge in [0.05, 0.1) is 12.5 Å². The highest BCUT2D eigenvalue weighted by Crippen LogP contribution is 2.24. The first kappa shape index (κ1) is 24.2. The van der Waals surface area contributed by atoms with Gasteiger partial charge in [-0.2, -0.15) is 0 Å². The number of nitrogens with zero attached hydrogens (tertiary/aromatic N) is 3. The largest absolute Gasteiger partial charge is 0.481 e. The van der Waals surface area contributed by atoms with Gasteiger partial charge in [-0.05, 0) is 65.1 Å². The van der Waals surface area contributed by atoms with Crippen LogP contribution >= 0.6 is 11.6 Å². The number of rotatable bonds is 9. The summed E-state index contributed by atoms with van der Waals surface area (Å²) in [6.07, 6.45) is 0.391. The van der Waals surface area contributed by atoms with E-state index in [2.05, 4.69) is 15.6 Å². The Hall–Kier alpha value is -3.95. The zero-order valence-corrected chi connectivity index (χ0v) is 19.3. The molecule has 1 amide bonds. The molecular weight excluding hydrogens is 472 g/mol. The number of benzene rings is 3. The zero-order chi connectivity index (χ0) is 24.9. The predicted octanol–water partition coefficient (Wildman–Crippen LogP) is 3.41.